The second kappa shape index (κ2) is 5.87. The zero-order chi connectivity index (χ0) is 12.1. The molecule has 0 bridgehead atoms. The molecule has 0 spiro atoms. The van der Waals surface area contributed by atoms with Crippen LogP contribution in [0.3, 0.4) is 0 Å². The van der Waals surface area contributed by atoms with Gasteiger partial charge in [0.1, 0.15) is 5.75 Å². The maximum Gasteiger partial charge on any atom is 0.120 e. The van der Waals surface area contributed by atoms with Crippen LogP contribution in [0.25, 0.3) is 0 Å². The van der Waals surface area contributed by atoms with Crippen molar-refractivity contribution in [1.82, 2.24) is 0 Å². The molecule has 3 heteroatoms. The van der Waals surface area contributed by atoms with E-state index < -0.39 is 6.04 Å². The molecule has 1 aromatic rings. The molecule has 0 saturated heterocycles. The summed E-state index contributed by atoms with van der Waals surface area (Å²) in [5.41, 5.74) is 7.50. The van der Waals surface area contributed by atoms with Crippen LogP contribution in [-0.2, 0) is 6.42 Å². The van der Waals surface area contributed by atoms with Gasteiger partial charge < -0.3 is 15.9 Å². The fourth-order valence-electron chi connectivity index (χ4n) is 1.61. The van der Waals surface area contributed by atoms with E-state index in [9.17, 15) is 5.11 Å². The van der Waals surface area contributed by atoms with E-state index in [1.165, 1.54) is 0 Å². The summed E-state index contributed by atoms with van der Waals surface area (Å²) in [6, 6.07) is 4.95. The summed E-state index contributed by atoms with van der Waals surface area (Å²) in [5, 5.41) is 18.6. The molecule has 4 N–H and O–H groups in total. The van der Waals surface area contributed by atoms with Gasteiger partial charge in [0.15, 0.2) is 0 Å². The Kier molecular flexibility index (Phi) is 4.77. The van der Waals surface area contributed by atoms with Gasteiger partial charge >= 0.3 is 0 Å². The molecular weight excluding hydrogens is 202 g/mol. The summed E-state index contributed by atoms with van der Waals surface area (Å²) in [6.45, 7) is 4.21. The highest BCUT2D eigenvalue weighted by Crippen LogP contribution is 2.24. The maximum atomic E-state index is 9.62. The molecule has 1 rings (SSSR count). The van der Waals surface area contributed by atoms with Crippen molar-refractivity contribution in [2.75, 3.05) is 6.61 Å². The predicted octanol–water partition coefficient (Wildman–Crippen LogP) is 1.97. The van der Waals surface area contributed by atoms with Crippen LogP contribution in [0.15, 0.2) is 18.2 Å². The van der Waals surface area contributed by atoms with Crippen LogP contribution in [0.2, 0.25) is 0 Å². The van der Waals surface area contributed by atoms with Crippen LogP contribution in [0, 0.1) is 5.92 Å². The number of phenols is 1. The summed E-state index contributed by atoms with van der Waals surface area (Å²) >= 11 is 0. The number of aliphatic hydroxyl groups is 1. The predicted molar refractivity (Wildman–Crippen MR) is 65.3 cm³/mol. The standard InChI is InChI=1S/C13H21NO2/c1-9(2)3-4-10-5-6-13(16)11(7-10)12(14)8-15/h5-7,9,12,15-16H,3-4,8,14H2,1-2H3/t12-/m1/s1. The molecule has 0 fully saturated rings. The number of aryl methyl sites for hydroxylation is 1. The van der Waals surface area contributed by atoms with Gasteiger partial charge in [-0.05, 0) is 30.4 Å². The van der Waals surface area contributed by atoms with Crippen LogP contribution in [0.5, 0.6) is 5.75 Å². The van der Waals surface area contributed by atoms with E-state index in [0.29, 0.717) is 11.5 Å². The molecule has 0 aliphatic heterocycles. The van der Waals surface area contributed by atoms with Crippen LogP contribution >= 0.6 is 0 Å². The quantitative estimate of drug-likeness (QED) is 0.715. The van der Waals surface area contributed by atoms with Crippen LogP contribution in [0.4, 0.5) is 0 Å². The molecule has 0 saturated carbocycles. The topological polar surface area (TPSA) is 66.5 Å². The zero-order valence-electron chi connectivity index (χ0n) is 9.98. The Labute approximate surface area is 96.9 Å². The van der Waals surface area contributed by atoms with Gasteiger partial charge in [-0.3, -0.25) is 0 Å². The van der Waals surface area contributed by atoms with Gasteiger partial charge in [-0.25, -0.2) is 0 Å². The van der Waals surface area contributed by atoms with Gasteiger partial charge in [-0.2, -0.15) is 0 Å². The molecule has 0 aromatic heterocycles. The van der Waals surface area contributed by atoms with Gasteiger partial charge in [0.2, 0.25) is 0 Å². The second-order valence-corrected chi connectivity index (χ2v) is 4.61. The Hall–Kier alpha value is -1.06. The van der Waals surface area contributed by atoms with E-state index in [0.717, 1.165) is 18.4 Å². The summed E-state index contributed by atoms with van der Waals surface area (Å²) in [6.07, 6.45) is 2.08. The molecule has 0 aliphatic carbocycles. The number of aromatic hydroxyl groups is 1. The average Bonchev–Trinajstić information content (AvgIpc) is 2.27. The molecule has 3 nitrogen and oxygen atoms in total. The summed E-state index contributed by atoms with van der Waals surface area (Å²) in [4.78, 5) is 0. The van der Waals surface area contributed by atoms with Crippen LogP contribution in [-0.4, -0.2) is 16.8 Å². The lowest BCUT2D eigenvalue weighted by Crippen LogP contribution is -2.14. The van der Waals surface area contributed by atoms with Gasteiger partial charge in [0.25, 0.3) is 0 Å². The van der Waals surface area contributed by atoms with E-state index in [-0.39, 0.29) is 12.4 Å². The molecule has 0 unspecified atom stereocenters. The second-order valence-electron chi connectivity index (χ2n) is 4.61. The molecule has 0 heterocycles. The largest absolute Gasteiger partial charge is 0.508 e. The Balaban J connectivity index is 2.81. The lowest BCUT2D eigenvalue weighted by atomic mass is 9.98. The lowest BCUT2D eigenvalue weighted by molar-refractivity contribution is 0.265. The number of rotatable bonds is 5. The third kappa shape index (κ3) is 3.51. The molecule has 1 atom stereocenters. The normalized spacial score (nSPS) is 13.1. The molecular formula is C13H21NO2. The van der Waals surface area contributed by atoms with Crippen molar-refractivity contribution < 1.29 is 10.2 Å². The van der Waals surface area contributed by atoms with Crippen molar-refractivity contribution in [1.29, 1.82) is 0 Å². The van der Waals surface area contributed by atoms with E-state index in [1.807, 2.05) is 12.1 Å². The van der Waals surface area contributed by atoms with E-state index in [2.05, 4.69) is 13.8 Å². The minimum absolute atomic E-state index is 0.152. The number of hydrogen-bond donors (Lipinski definition) is 3. The van der Waals surface area contributed by atoms with Gasteiger partial charge in [0, 0.05) is 5.56 Å². The number of aliphatic hydroxyl groups excluding tert-OH is 1. The minimum Gasteiger partial charge on any atom is -0.508 e. The smallest absolute Gasteiger partial charge is 0.120 e. The van der Waals surface area contributed by atoms with Crippen molar-refractivity contribution in [3.63, 3.8) is 0 Å². The first-order chi connectivity index (χ1) is 7.54. The van der Waals surface area contributed by atoms with Crippen molar-refractivity contribution in [3.05, 3.63) is 29.3 Å². The Morgan fingerprint density at radius 2 is 2.00 bits per heavy atom. The third-order valence-corrected chi connectivity index (χ3v) is 2.70. The highest BCUT2D eigenvalue weighted by Gasteiger charge is 2.10. The van der Waals surface area contributed by atoms with E-state index >= 15 is 0 Å². The highest BCUT2D eigenvalue weighted by atomic mass is 16.3. The monoisotopic (exact) mass is 223 g/mol. The van der Waals surface area contributed by atoms with Crippen molar-refractivity contribution in [2.24, 2.45) is 11.7 Å². The fraction of sp³-hybridized carbons (Fsp3) is 0.538. The minimum atomic E-state index is -0.501. The molecule has 0 radical (unpaired) electrons. The molecule has 90 valence electrons. The van der Waals surface area contributed by atoms with E-state index in [1.54, 1.807) is 6.07 Å². The van der Waals surface area contributed by atoms with E-state index in [4.69, 9.17) is 10.8 Å². The average molecular weight is 223 g/mol. The first-order valence-electron chi connectivity index (χ1n) is 5.72. The van der Waals surface area contributed by atoms with Crippen molar-refractivity contribution in [3.8, 4) is 5.75 Å². The summed E-state index contributed by atoms with van der Waals surface area (Å²) in [7, 11) is 0. The van der Waals surface area contributed by atoms with Gasteiger partial charge in [-0.15, -0.1) is 0 Å². The maximum absolute atomic E-state index is 9.62. The summed E-state index contributed by atoms with van der Waals surface area (Å²) < 4.78 is 0. The highest BCUT2D eigenvalue weighted by molar-refractivity contribution is 5.38. The number of phenolic OH excluding ortho intramolecular Hbond substituents is 1. The number of hydrogen-bond acceptors (Lipinski definition) is 3. The molecule has 0 aliphatic rings. The summed E-state index contributed by atoms with van der Waals surface area (Å²) in [5.74, 6) is 0.818. The van der Waals surface area contributed by atoms with Gasteiger partial charge in [0.05, 0.1) is 12.6 Å². The van der Waals surface area contributed by atoms with Crippen LogP contribution < -0.4 is 5.73 Å². The molecule has 1 aromatic carbocycles. The fourth-order valence-corrected chi connectivity index (χ4v) is 1.61. The third-order valence-electron chi connectivity index (χ3n) is 2.70. The number of benzene rings is 1. The SMILES string of the molecule is CC(C)CCc1ccc(O)c([C@H](N)CO)c1. The Morgan fingerprint density at radius 3 is 2.56 bits per heavy atom. The molecule has 0 amide bonds. The zero-order valence-corrected chi connectivity index (χ0v) is 9.98. The number of nitrogens with two attached hydrogens (primary N) is 1. The Bertz CT molecular complexity index is 337. The van der Waals surface area contributed by atoms with Crippen molar-refractivity contribution in [2.45, 2.75) is 32.7 Å². The Morgan fingerprint density at radius 1 is 1.31 bits per heavy atom. The molecule has 16 heavy (non-hydrogen) atoms. The van der Waals surface area contributed by atoms with Crippen molar-refractivity contribution >= 4 is 0 Å². The lowest BCUT2D eigenvalue weighted by Gasteiger charge is -2.13. The van der Waals surface area contributed by atoms with Gasteiger partial charge in [-0.1, -0.05) is 26.0 Å². The first-order valence-corrected chi connectivity index (χ1v) is 5.72. The first kappa shape index (κ1) is 13.0. The van der Waals surface area contributed by atoms with Crippen LogP contribution in [0.1, 0.15) is 37.4 Å².